The van der Waals surface area contributed by atoms with Gasteiger partial charge >= 0.3 is 0 Å². The van der Waals surface area contributed by atoms with Crippen molar-refractivity contribution in [3.8, 4) is 5.75 Å². The maximum absolute atomic E-state index is 10.8. The number of benzene rings is 1. The van der Waals surface area contributed by atoms with E-state index in [2.05, 4.69) is 19.2 Å². The summed E-state index contributed by atoms with van der Waals surface area (Å²) in [6.07, 6.45) is 2.15. The summed E-state index contributed by atoms with van der Waals surface area (Å²) in [6.45, 7) is 8.34. The number of hydrogen-bond acceptors (Lipinski definition) is 4. The van der Waals surface area contributed by atoms with Crippen LogP contribution >= 0.6 is 0 Å². The van der Waals surface area contributed by atoms with E-state index in [0.29, 0.717) is 19.1 Å². The molecule has 1 aromatic rings. The molecule has 0 aliphatic carbocycles. The van der Waals surface area contributed by atoms with E-state index in [1.807, 2.05) is 6.92 Å². The molecule has 0 unspecified atom stereocenters. The summed E-state index contributed by atoms with van der Waals surface area (Å²) in [5, 5.41) is 14.0. The number of nitrogens with zero attached hydrogens (tertiary/aromatic N) is 1. The van der Waals surface area contributed by atoms with E-state index < -0.39 is 0 Å². The van der Waals surface area contributed by atoms with Crippen LogP contribution in [0.5, 0.6) is 5.75 Å². The largest absolute Gasteiger partial charge is 0.493 e. The second kappa shape index (κ2) is 8.53. The highest BCUT2D eigenvalue weighted by Gasteiger charge is 2.13. The molecule has 0 bridgehead atoms. The molecule has 0 amide bonds. The molecule has 5 heteroatoms. The number of nitro groups is 1. The molecular weight excluding hydrogens is 256 g/mol. The highest BCUT2D eigenvalue weighted by atomic mass is 16.6. The van der Waals surface area contributed by atoms with Crippen molar-refractivity contribution in [3.05, 3.63) is 33.9 Å². The molecule has 0 fully saturated rings. The smallest absolute Gasteiger partial charge is 0.270 e. The Hall–Kier alpha value is -1.62. The van der Waals surface area contributed by atoms with Crippen LogP contribution in [-0.2, 0) is 6.54 Å². The summed E-state index contributed by atoms with van der Waals surface area (Å²) < 4.78 is 5.85. The average molecular weight is 280 g/mol. The highest BCUT2D eigenvalue weighted by molar-refractivity contribution is 5.43. The van der Waals surface area contributed by atoms with Crippen molar-refractivity contribution in [2.45, 2.75) is 40.2 Å². The second-order valence-corrected chi connectivity index (χ2v) is 4.82. The van der Waals surface area contributed by atoms with Crippen molar-refractivity contribution in [1.29, 1.82) is 0 Å². The van der Waals surface area contributed by atoms with Crippen LogP contribution in [0.15, 0.2) is 18.2 Å². The molecule has 0 aliphatic rings. The summed E-state index contributed by atoms with van der Waals surface area (Å²) in [4.78, 5) is 10.5. The van der Waals surface area contributed by atoms with Gasteiger partial charge in [-0.2, -0.15) is 0 Å². The van der Waals surface area contributed by atoms with Gasteiger partial charge in [-0.3, -0.25) is 10.1 Å². The lowest BCUT2D eigenvalue weighted by Crippen LogP contribution is -2.15. The van der Waals surface area contributed by atoms with E-state index in [-0.39, 0.29) is 10.6 Å². The highest BCUT2D eigenvalue weighted by Crippen LogP contribution is 2.25. The minimum atomic E-state index is -0.375. The predicted molar refractivity (Wildman–Crippen MR) is 80.0 cm³/mol. The van der Waals surface area contributed by atoms with Crippen molar-refractivity contribution in [1.82, 2.24) is 5.32 Å². The molecule has 0 atom stereocenters. The Bertz CT molecular complexity index is 431. The maximum Gasteiger partial charge on any atom is 0.270 e. The van der Waals surface area contributed by atoms with Crippen LogP contribution in [0.3, 0.4) is 0 Å². The second-order valence-electron chi connectivity index (χ2n) is 4.82. The van der Waals surface area contributed by atoms with Gasteiger partial charge in [-0.1, -0.05) is 33.6 Å². The van der Waals surface area contributed by atoms with Gasteiger partial charge in [-0.25, -0.2) is 0 Å². The number of nitro benzene ring substituents is 1. The lowest BCUT2D eigenvalue weighted by atomic mass is 10.1. The Balaban J connectivity index is 2.84. The number of hydrogen-bond donors (Lipinski definition) is 1. The predicted octanol–water partition coefficient (Wildman–Crippen LogP) is 3.52. The van der Waals surface area contributed by atoms with Gasteiger partial charge in [-0.05, 0) is 18.5 Å². The van der Waals surface area contributed by atoms with Crippen LogP contribution in [0.1, 0.15) is 39.2 Å². The van der Waals surface area contributed by atoms with Crippen molar-refractivity contribution in [2.75, 3.05) is 13.2 Å². The molecule has 0 saturated heterocycles. The normalized spacial score (nSPS) is 10.8. The third-order valence-electron chi connectivity index (χ3n) is 3.45. The molecule has 5 nitrogen and oxygen atoms in total. The molecule has 1 aromatic carbocycles. The number of rotatable bonds is 9. The first-order valence-electron chi connectivity index (χ1n) is 7.23. The Morgan fingerprint density at radius 2 is 2.00 bits per heavy atom. The standard InChI is InChI=1S/C15H24N2O3/c1-4-12(5-2)11-20-15-8-7-14(17(18)19)9-13(15)10-16-6-3/h7-9,12,16H,4-6,10-11H2,1-3H3. The van der Waals surface area contributed by atoms with Crippen molar-refractivity contribution >= 4 is 5.69 Å². The fourth-order valence-electron chi connectivity index (χ4n) is 1.95. The minimum absolute atomic E-state index is 0.104. The number of ether oxygens (including phenoxy) is 1. The summed E-state index contributed by atoms with van der Waals surface area (Å²) >= 11 is 0. The van der Waals surface area contributed by atoms with Crippen LogP contribution in [0.25, 0.3) is 0 Å². The van der Waals surface area contributed by atoms with E-state index in [1.54, 1.807) is 12.1 Å². The van der Waals surface area contributed by atoms with E-state index in [0.717, 1.165) is 30.7 Å². The van der Waals surface area contributed by atoms with Crippen LogP contribution in [0.2, 0.25) is 0 Å². The van der Waals surface area contributed by atoms with Gasteiger partial charge in [0.05, 0.1) is 11.5 Å². The van der Waals surface area contributed by atoms with E-state index in [1.165, 1.54) is 6.07 Å². The molecule has 0 spiro atoms. The molecule has 1 N–H and O–H groups in total. The van der Waals surface area contributed by atoms with Crippen LogP contribution in [-0.4, -0.2) is 18.1 Å². The lowest BCUT2D eigenvalue weighted by Gasteiger charge is -2.16. The Morgan fingerprint density at radius 1 is 1.30 bits per heavy atom. The Kier molecular flexibility index (Phi) is 7.01. The zero-order chi connectivity index (χ0) is 15.0. The Labute approximate surface area is 120 Å². The third-order valence-corrected chi connectivity index (χ3v) is 3.45. The molecule has 112 valence electrons. The number of non-ortho nitro benzene ring substituents is 1. The summed E-state index contributed by atoms with van der Waals surface area (Å²) in [5.74, 6) is 1.26. The maximum atomic E-state index is 10.8. The summed E-state index contributed by atoms with van der Waals surface area (Å²) in [5.41, 5.74) is 0.944. The Morgan fingerprint density at radius 3 is 2.55 bits per heavy atom. The van der Waals surface area contributed by atoms with Crippen LogP contribution < -0.4 is 10.1 Å². The van der Waals surface area contributed by atoms with Crippen LogP contribution in [0.4, 0.5) is 5.69 Å². The van der Waals surface area contributed by atoms with Crippen molar-refractivity contribution in [3.63, 3.8) is 0 Å². The van der Waals surface area contributed by atoms with Gasteiger partial charge in [0, 0.05) is 24.2 Å². The van der Waals surface area contributed by atoms with Crippen molar-refractivity contribution < 1.29 is 9.66 Å². The summed E-state index contributed by atoms with van der Waals surface area (Å²) in [6, 6.07) is 4.79. The first-order chi connectivity index (χ1) is 9.62. The molecule has 20 heavy (non-hydrogen) atoms. The zero-order valence-electron chi connectivity index (χ0n) is 12.5. The van der Waals surface area contributed by atoms with Gasteiger partial charge in [0.25, 0.3) is 5.69 Å². The minimum Gasteiger partial charge on any atom is -0.493 e. The SMILES string of the molecule is CCNCc1cc([N+](=O)[O-])ccc1OCC(CC)CC. The van der Waals surface area contributed by atoms with E-state index in [9.17, 15) is 10.1 Å². The van der Waals surface area contributed by atoms with Gasteiger partial charge in [0.15, 0.2) is 0 Å². The molecule has 0 aliphatic heterocycles. The van der Waals surface area contributed by atoms with E-state index in [4.69, 9.17) is 4.74 Å². The zero-order valence-corrected chi connectivity index (χ0v) is 12.5. The molecule has 0 aromatic heterocycles. The van der Waals surface area contributed by atoms with Crippen LogP contribution in [0, 0.1) is 16.0 Å². The van der Waals surface area contributed by atoms with E-state index >= 15 is 0 Å². The van der Waals surface area contributed by atoms with Gasteiger partial charge < -0.3 is 10.1 Å². The van der Waals surface area contributed by atoms with Gasteiger partial charge in [0.2, 0.25) is 0 Å². The number of nitrogens with one attached hydrogen (secondary N) is 1. The molecule has 0 saturated carbocycles. The fraction of sp³-hybridized carbons (Fsp3) is 0.600. The van der Waals surface area contributed by atoms with Crippen molar-refractivity contribution in [2.24, 2.45) is 5.92 Å². The molecule has 0 radical (unpaired) electrons. The molecular formula is C15H24N2O3. The first kappa shape index (κ1) is 16.4. The quantitative estimate of drug-likeness (QED) is 0.555. The molecule has 1 rings (SSSR count). The topological polar surface area (TPSA) is 64.4 Å². The fourth-order valence-corrected chi connectivity index (χ4v) is 1.95. The van der Waals surface area contributed by atoms with Gasteiger partial charge in [0.1, 0.15) is 5.75 Å². The third kappa shape index (κ3) is 4.81. The lowest BCUT2D eigenvalue weighted by molar-refractivity contribution is -0.384. The molecule has 0 heterocycles. The monoisotopic (exact) mass is 280 g/mol. The average Bonchev–Trinajstić information content (AvgIpc) is 2.46. The summed E-state index contributed by atoms with van der Waals surface area (Å²) in [7, 11) is 0. The first-order valence-corrected chi connectivity index (χ1v) is 7.23. The van der Waals surface area contributed by atoms with Gasteiger partial charge in [-0.15, -0.1) is 0 Å².